The summed E-state index contributed by atoms with van der Waals surface area (Å²) in [5.41, 5.74) is 0. The lowest BCUT2D eigenvalue weighted by Gasteiger charge is -2.46. The molecule has 1 aliphatic carbocycles. The largest absolute Gasteiger partial charge is 0.459 e. The van der Waals surface area contributed by atoms with Crippen molar-refractivity contribution in [3.8, 4) is 0 Å². The van der Waals surface area contributed by atoms with Gasteiger partial charge in [-0.2, -0.15) is 0 Å². The van der Waals surface area contributed by atoms with E-state index >= 15 is 0 Å². The Bertz CT molecular complexity index is 446. The van der Waals surface area contributed by atoms with Crippen molar-refractivity contribution >= 4 is 5.97 Å². The summed E-state index contributed by atoms with van der Waals surface area (Å²) in [7, 11) is 0. The summed E-state index contributed by atoms with van der Waals surface area (Å²) in [5, 5.41) is 12.6. The van der Waals surface area contributed by atoms with E-state index in [9.17, 15) is 4.79 Å². The van der Waals surface area contributed by atoms with Crippen molar-refractivity contribution in [2.45, 2.75) is 77.0 Å². The predicted molar refractivity (Wildman–Crippen MR) is 96.6 cm³/mol. The van der Waals surface area contributed by atoms with E-state index in [0.29, 0.717) is 17.9 Å². The van der Waals surface area contributed by atoms with E-state index in [2.05, 4.69) is 43.5 Å². The Morgan fingerprint density at radius 2 is 2.17 bits per heavy atom. The maximum absolute atomic E-state index is 11.4. The van der Waals surface area contributed by atoms with Crippen molar-refractivity contribution in [2.24, 2.45) is 11.8 Å². The maximum Gasteiger partial charge on any atom is 0.332 e. The van der Waals surface area contributed by atoms with Gasteiger partial charge in [0.2, 0.25) is 0 Å². The van der Waals surface area contributed by atoms with E-state index < -0.39 is 12.6 Å². The summed E-state index contributed by atoms with van der Waals surface area (Å²) in [6.45, 7) is 3.74. The van der Waals surface area contributed by atoms with Gasteiger partial charge in [0, 0.05) is 12.1 Å². The highest BCUT2D eigenvalue weighted by atomic mass is 16.6. The van der Waals surface area contributed by atoms with E-state index in [1.54, 1.807) is 0 Å². The van der Waals surface area contributed by atoms with Crippen molar-refractivity contribution in [2.75, 3.05) is 6.61 Å². The number of nitrogens with one attached hydrogen (secondary N) is 1. The monoisotopic (exact) mass is 335 g/mol. The van der Waals surface area contributed by atoms with Gasteiger partial charge < -0.3 is 15.2 Å². The van der Waals surface area contributed by atoms with Crippen LogP contribution >= 0.6 is 0 Å². The van der Waals surface area contributed by atoms with E-state index in [0.717, 1.165) is 12.8 Å². The minimum atomic E-state index is -0.538. The Morgan fingerprint density at radius 3 is 2.92 bits per heavy atom. The molecule has 2 N–H and O–H groups in total. The fourth-order valence-electron chi connectivity index (χ4n) is 4.06. The number of rotatable bonds is 7. The van der Waals surface area contributed by atoms with Crippen molar-refractivity contribution < 1.29 is 14.6 Å². The Balaban J connectivity index is 1.94. The fourth-order valence-corrected chi connectivity index (χ4v) is 4.06. The molecular formula is C20H33NO3. The number of esters is 1. The molecule has 1 saturated carbocycles. The van der Waals surface area contributed by atoms with Gasteiger partial charge in [0.05, 0.1) is 0 Å². The van der Waals surface area contributed by atoms with Crippen LogP contribution in [-0.4, -0.2) is 35.9 Å². The van der Waals surface area contributed by atoms with Gasteiger partial charge in [-0.3, -0.25) is 0 Å². The number of aliphatic hydroxyl groups is 1. The van der Waals surface area contributed by atoms with Crippen molar-refractivity contribution in [1.29, 1.82) is 0 Å². The number of hydrogen-bond acceptors (Lipinski definition) is 4. The quantitative estimate of drug-likeness (QED) is 0.425. The molecule has 136 valence electrons. The van der Waals surface area contributed by atoms with E-state index in [1.807, 2.05) is 0 Å². The molecule has 4 nitrogen and oxygen atoms in total. The van der Waals surface area contributed by atoms with E-state index in [1.165, 1.54) is 32.1 Å². The lowest BCUT2D eigenvalue weighted by Crippen LogP contribution is -2.57. The van der Waals surface area contributed by atoms with Crippen LogP contribution in [0.1, 0.15) is 58.8 Å². The number of fused-ring (bicyclic) bond motifs is 1. The molecule has 2 rings (SSSR count). The third kappa shape index (κ3) is 5.45. The van der Waals surface area contributed by atoms with Crippen LogP contribution in [0.4, 0.5) is 0 Å². The summed E-state index contributed by atoms with van der Waals surface area (Å²) in [6.07, 6.45) is 17.0. The number of piperidine rings is 1. The van der Waals surface area contributed by atoms with Crippen LogP contribution in [0.15, 0.2) is 24.3 Å². The van der Waals surface area contributed by atoms with Gasteiger partial charge in [0.1, 0.15) is 12.7 Å². The van der Waals surface area contributed by atoms with Crippen LogP contribution in [0, 0.1) is 11.8 Å². The summed E-state index contributed by atoms with van der Waals surface area (Å²) >= 11 is 0. The predicted octanol–water partition coefficient (Wildman–Crippen LogP) is 3.36. The minimum Gasteiger partial charge on any atom is -0.459 e. The second kappa shape index (κ2) is 10.00. The number of hydrogen-bond donors (Lipinski definition) is 2. The number of allylic oxidation sites excluding steroid dienone is 4. The van der Waals surface area contributed by atoms with E-state index in [-0.39, 0.29) is 12.1 Å². The normalized spacial score (nSPS) is 33.7. The van der Waals surface area contributed by atoms with Crippen molar-refractivity contribution in [3.63, 3.8) is 0 Å². The fraction of sp³-hybridized carbons (Fsp3) is 0.750. The highest BCUT2D eigenvalue weighted by molar-refractivity contribution is 5.70. The second-order valence-corrected chi connectivity index (χ2v) is 7.20. The first-order chi connectivity index (χ1) is 11.7. The average molecular weight is 335 g/mol. The number of unbranched alkanes of at least 4 members (excludes halogenated alkanes) is 2. The van der Waals surface area contributed by atoms with Crippen LogP contribution in [0.5, 0.6) is 0 Å². The molecule has 0 unspecified atom stereocenters. The molecule has 0 aromatic rings. The molecule has 2 fully saturated rings. The van der Waals surface area contributed by atoms with Crippen LogP contribution < -0.4 is 5.32 Å². The maximum atomic E-state index is 11.4. The molecule has 2 aliphatic rings. The SMILES string of the molecule is CCCC/C=C/C=C/[C@@H]1CCC[C@H]2N[C@@H](C)[C@@H](OC(=O)CO)C[C@@H]12. The zero-order valence-corrected chi connectivity index (χ0v) is 15.1. The molecule has 24 heavy (non-hydrogen) atoms. The molecule has 0 bridgehead atoms. The van der Waals surface area contributed by atoms with Crippen LogP contribution in [-0.2, 0) is 9.53 Å². The van der Waals surface area contributed by atoms with E-state index in [4.69, 9.17) is 9.84 Å². The smallest absolute Gasteiger partial charge is 0.332 e. The molecule has 1 aliphatic heterocycles. The third-order valence-corrected chi connectivity index (χ3v) is 5.40. The highest BCUT2D eigenvalue weighted by Gasteiger charge is 2.41. The summed E-state index contributed by atoms with van der Waals surface area (Å²) in [5.74, 6) is 0.524. The van der Waals surface area contributed by atoms with Crippen LogP contribution in [0.2, 0.25) is 0 Å². The molecule has 4 heteroatoms. The Morgan fingerprint density at radius 1 is 1.33 bits per heavy atom. The molecule has 0 aromatic heterocycles. The first-order valence-corrected chi connectivity index (χ1v) is 9.55. The van der Waals surface area contributed by atoms with Gasteiger partial charge in [-0.05, 0) is 44.4 Å². The lowest BCUT2D eigenvalue weighted by atomic mass is 9.70. The Hall–Kier alpha value is -1.13. The highest BCUT2D eigenvalue weighted by Crippen LogP contribution is 2.38. The summed E-state index contributed by atoms with van der Waals surface area (Å²) in [4.78, 5) is 11.4. The number of aliphatic hydroxyl groups excluding tert-OH is 1. The standard InChI is InChI=1S/C20H33NO3/c1-3-4-5-6-7-8-10-16-11-9-12-18-17(16)13-19(15(2)21-18)24-20(23)14-22/h6-8,10,15-19,21-22H,3-5,9,11-14H2,1-2H3/b7-6+,10-8+/t15-,16+,17-,18+,19-/m0/s1. The van der Waals surface area contributed by atoms with Crippen molar-refractivity contribution in [3.05, 3.63) is 24.3 Å². The molecule has 0 spiro atoms. The Kier molecular flexibility index (Phi) is 8.00. The summed E-state index contributed by atoms with van der Waals surface area (Å²) in [6, 6.07) is 0.662. The van der Waals surface area contributed by atoms with Gasteiger partial charge in [-0.25, -0.2) is 4.79 Å². The zero-order valence-electron chi connectivity index (χ0n) is 15.1. The third-order valence-electron chi connectivity index (χ3n) is 5.40. The molecule has 0 aromatic carbocycles. The summed E-state index contributed by atoms with van der Waals surface area (Å²) < 4.78 is 5.43. The second-order valence-electron chi connectivity index (χ2n) is 7.20. The van der Waals surface area contributed by atoms with Gasteiger partial charge >= 0.3 is 5.97 Å². The first-order valence-electron chi connectivity index (χ1n) is 9.55. The molecule has 0 amide bonds. The molecular weight excluding hydrogens is 302 g/mol. The Labute approximate surface area is 146 Å². The van der Waals surface area contributed by atoms with Gasteiger partial charge in [-0.1, -0.05) is 50.5 Å². The van der Waals surface area contributed by atoms with Crippen LogP contribution in [0.3, 0.4) is 0 Å². The number of carbonyl (C=O) groups excluding carboxylic acids is 1. The van der Waals surface area contributed by atoms with Crippen LogP contribution in [0.25, 0.3) is 0 Å². The van der Waals surface area contributed by atoms with Gasteiger partial charge in [0.15, 0.2) is 0 Å². The molecule has 0 radical (unpaired) electrons. The topological polar surface area (TPSA) is 58.6 Å². The lowest BCUT2D eigenvalue weighted by molar-refractivity contribution is -0.157. The molecule has 1 heterocycles. The van der Waals surface area contributed by atoms with Gasteiger partial charge in [-0.15, -0.1) is 0 Å². The minimum absolute atomic E-state index is 0.139. The van der Waals surface area contributed by atoms with Crippen molar-refractivity contribution in [1.82, 2.24) is 5.32 Å². The van der Waals surface area contributed by atoms with Gasteiger partial charge in [0.25, 0.3) is 0 Å². The first kappa shape index (κ1) is 19.2. The number of carbonyl (C=O) groups is 1. The number of ether oxygens (including phenoxy) is 1. The zero-order chi connectivity index (χ0) is 17.4. The molecule has 1 saturated heterocycles. The average Bonchev–Trinajstić information content (AvgIpc) is 2.58. The molecule has 5 atom stereocenters.